The molecule has 0 fully saturated rings. The number of aromatic nitrogens is 3. The van der Waals surface area contributed by atoms with E-state index in [-0.39, 0.29) is 28.8 Å². The van der Waals surface area contributed by atoms with Gasteiger partial charge in [-0.15, -0.1) is 10.2 Å². The Morgan fingerprint density at radius 3 is 2.42 bits per heavy atom. The van der Waals surface area contributed by atoms with Crippen molar-refractivity contribution < 1.29 is 14.5 Å². The van der Waals surface area contributed by atoms with E-state index in [0.29, 0.717) is 17.5 Å². The fraction of sp³-hybridized carbons (Fsp3) is 0.360. The molecule has 0 bridgehead atoms. The average molecular weight is 511 g/mol. The lowest BCUT2D eigenvalue weighted by atomic mass is 10.0. The molecule has 1 heterocycles. The van der Waals surface area contributed by atoms with Crippen LogP contribution in [0.15, 0.2) is 47.6 Å². The van der Waals surface area contributed by atoms with Crippen LogP contribution >= 0.6 is 11.8 Å². The van der Waals surface area contributed by atoms with Crippen molar-refractivity contribution in [3.8, 4) is 0 Å². The first-order valence-corrected chi connectivity index (χ1v) is 12.6. The Hall–Kier alpha value is -3.73. The minimum atomic E-state index is -0.538. The van der Waals surface area contributed by atoms with Crippen LogP contribution < -0.4 is 10.6 Å². The second-order valence-corrected chi connectivity index (χ2v) is 9.74. The number of rotatable bonds is 10. The Balaban J connectivity index is 1.73. The summed E-state index contributed by atoms with van der Waals surface area (Å²) in [5.74, 6) is 0.0790. The number of nitro benzene ring substituents is 1. The van der Waals surface area contributed by atoms with Gasteiger partial charge in [0, 0.05) is 29.9 Å². The van der Waals surface area contributed by atoms with Crippen molar-refractivity contribution in [2.45, 2.75) is 52.4 Å². The van der Waals surface area contributed by atoms with E-state index in [4.69, 9.17) is 0 Å². The lowest BCUT2D eigenvalue weighted by molar-refractivity contribution is -0.384. The number of hydrogen-bond acceptors (Lipinski definition) is 7. The van der Waals surface area contributed by atoms with Gasteiger partial charge in [-0.1, -0.05) is 37.7 Å². The Morgan fingerprint density at radius 1 is 1.11 bits per heavy atom. The van der Waals surface area contributed by atoms with Crippen LogP contribution in [0.5, 0.6) is 0 Å². The molecule has 0 aliphatic heterocycles. The van der Waals surface area contributed by atoms with E-state index < -0.39 is 16.9 Å². The molecule has 2 N–H and O–H groups in total. The molecule has 0 saturated heterocycles. The molecule has 36 heavy (non-hydrogen) atoms. The Morgan fingerprint density at radius 2 is 1.81 bits per heavy atom. The van der Waals surface area contributed by atoms with Crippen molar-refractivity contribution in [3.63, 3.8) is 0 Å². The number of nitro groups is 1. The zero-order valence-electron chi connectivity index (χ0n) is 20.9. The van der Waals surface area contributed by atoms with Crippen LogP contribution in [0.25, 0.3) is 0 Å². The molecule has 190 valence electrons. The largest absolute Gasteiger partial charge is 0.342 e. The number of aryl methyl sites for hydroxylation is 2. The first-order valence-electron chi connectivity index (χ1n) is 11.6. The molecule has 11 heteroatoms. The topological polar surface area (TPSA) is 132 Å². The van der Waals surface area contributed by atoms with Gasteiger partial charge in [-0.3, -0.25) is 19.7 Å². The summed E-state index contributed by atoms with van der Waals surface area (Å²) < 4.78 is 1.87. The summed E-state index contributed by atoms with van der Waals surface area (Å²) in [5, 5.41) is 26.1. The van der Waals surface area contributed by atoms with Crippen LogP contribution in [-0.2, 0) is 11.3 Å². The SMILES string of the molecule is CCn1c(SCC(=O)Nc2cc(C)cc(C)c2)nnc1[C@H](NC(=O)c1cccc([N+](=O)[O-])c1)C(C)C. The second kappa shape index (κ2) is 11.8. The van der Waals surface area contributed by atoms with Gasteiger partial charge in [0.25, 0.3) is 11.6 Å². The first kappa shape index (κ1) is 26.9. The summed E-state index contributed by atoms with van der Waals surface area (Å²) >= 11 is 1.27. The number of carbonyl (C=O) groups is 2. The van der Waals surface area contributed by atoms with Crippen molar-refractivity contribution in [2.24, 2.45) is 5.92 Å². The standard InChI is InChI=1S/C25H30N6O4S/c1-6-30-23(22(15(2)3)27-24(33)18-8-7-9-20(13-18)31(34)35)28-29-25(30)36-14-21(32)26-19-11-16(4)10-17(5)12-19/h7-13,15,22H,6,14H2,1-5H3,(H,26,32)(H,27,33)/t22-/m1/s1. The zero-order chi connectivity index (χ0) is 26.4. The number of nitrogens with one attached hydrogen (secondary N) is 2. The van der Waals surface area contributed by atoms with Crippen molar-refractivity contribution >= 4 is 35.0 Å². The highest BCUT2D eigenvalue weighted by molar-refractivity contribution is 7.99. The number of thioether (sulfide) groups is 1. The van der Waals surface area contributed by atoms with E-state index in [1.807, 2.05) is 57.4 Å². The Bertz CT molecular complexity index is 1250. The van der Waals surface area contributed by atoms with Gasteiger partial charge >= 0.3 is 0 Å². The van der Waals surface area contributed by atoms with E-state index in [9.17, 15) is 19.7 Å². The van der Waals surface area contributed by atoms with Crippen LogP contribution in [0.3, 0.4) is 0 Å². The van der Waals surface area contributed by atoms with Gasteiger partial charge in [0.1, 0.15) is 0 Å². The van der Waals surface area contributed by atoms with Gasteiger partial charge in [-0.25, -0.2) is 0 Å². The number of hydrogen-bond donors (Lipinski definition) is 2. The van der Waals surface area contributed by atoms with E-state index in [0.717, 1.165) is 16.8 Å². The number of benzene rings is 2. The second-order valence-electron chi connectivity index (χ2n) is 8.80. The van der Waals surface area contributed by atoms with Crippen molar-refractivity contribution in [2.75, 3.05) is 11.1 Å². The molecule has 10 nitrogen and oxygen atoms in total. The van der Waals surface area contributed by atoms with Gasteiger partial charge in [0.05, 0.1) is 16.7 Å². The zero-order valence-corrected chi connectivity index (χ0v) is 21.8. The van der Waals surface area contributed by atoms with Crippen molar-refractivity contribution in [1.29, 1.82) is 0 Å². The lowest BCUT2D eigenvalue weighted by Gasteiger charge is -2.22. The van der Waals surface area contributed by atoms with Crippen LogP contribution in [0.4, 0.5) is 11.4 Å². The Kier molecular flexibility index (Phi) is 8.81. The van der Waals surface area contributed by atoms with Gasteiger partial charge < -0.3 is 15.2 Å². The van der Waals surface area contributed by atoms with Crippen LogP contribution in [-0.4, -0.2) is 37.3 Å². The van der Waals surface area contributed by atoms with Gasteiger partial charge in [0.2, 0.25) is 5.91 Å². The van der Waals surface area contributed by atoms with E-state index in [1.165, 1.54) is 36.0 Å². The molecule has 0 radical (unpaired) electrons. The quantitative estimate of drug-likeness (QED) is 0.230. The molecule has 0 aliphatic carbocycles. The maximum atomic E-state index is 12.9. The molecule has 1 atom stereocenters. The van der Waals surface area contributed by atoms with Gasteiger partial charge in [-0.2, -0.15) is 0 Å². The molecule has 3 rings (SSSR count). The third-order valence-electron chi connectivity index (χ3n) is 5.45. The molecule has 2 aromatic carbocycles. The van der Waals surface area contributed by atoms with Crippen molar-refractivity contribution in [1.82, 2.24) is 20.1 Å². The van der Waals surface area contributed by atoms with E-state index in [2.05, 4.69) is 20.8 Å². The summed E-state index contributed by atoms with van der Waals surface area (Å²) in [4.78, 5) is 36.0. The molecule has 2 amide bonds. The monoisotopic (exact) mass is 510 g/mol. The number of nitrogens with zero attached hydrogens (tertiary/aromatic N) is 4. The number of carbonyl (C=O) groups excluding carboxylic acids is 2. The lowest BCUT2D eigenvalue weighted by Crippen LogP contribution is -2.33. The summed E-state index contributed by atoms with van der Waals surface area (Å²) in [6.07, 6.45) is 0. The summed E-state index contributed by atoms with van der Waals surface area (Å²) in [6.45, 7) is 10.3. The van der Waals surface area contributed by atoms with E-state index in [1.54, 1.807) is 0 Å². The average Bonchev–Trinajstić information content (AvgIpc) is 3.22. The number of anilines is 1. The summed E-state index contributed by atoms with van der Waals surface area (Å²) in [7, 11) is 0. The predicted molar refractivity (Wildman–Crippen MR) is 139 cm³/mol. The van der Waals surface area contributed by atoms with Crippen LogP contribution in [0, 0.1) is 29.9 Å². The summed E-state index contributed by atoms with van der Waals surface area (Å²) in [5.41, 5.74) is 2.92. The minimum Gasteiger partial charge on any atom is -0.342 e. The number of amides is 2. The normalized spacial score (nSPS) is 11.8. The van der Waals surface area contributed by atoms with Gasteiger partial charge in [0.15, 0.2) is 11.0 Å². The van der Waals surface area contributed by atoms with Crippen LogP contribution in [0.2, 0.25) is 0 Å². The molecule has 0 unspecified atom stereocenters. The molecule has 0 spiro atoms. The van der Waals surface area contributed by atoms with Gasteiger partial charge in [-0.05, 0) is 56.0 Å². The third-order valence-corrected chi connectivity index (χ3v) is 6.42. The fourth-order valence-corrected chi connectivity index (χ4v) is 4.63. The summed E-state index contributed by atoms with van der Waals surface area (Å²) in [6, 6.07) is 11.0. The minimum absolute atomic E-state index is 0.0344. The fourth-order valence-electron chi connectivity index (χ4n) is 3.82. The maximum absolute atomic E-state index is 12.9. The van der Waals surface area contributed by atoms with Crippen molar-refractivity contribution in [3.05, 3.63) is 75.1 Å². The molecule has 0 aliphatic rings. The predicted octanol–water partition coefficient (Wildman–Crippen LogP) is 4.68. The molecule has 0 saturated carbocycles. The maximum Gasteiger partial charge on any atom is 0.270 e. The smallest absolute Gasteiger partial charge is 0.270 e. The molecular formula is C25H30N6O4S. The highest BCUT2D eigenvalue weighted by Gasteiger charge is 2.26. The Labute approximate surface area is 214 Å². The molecule has 1 aromatic heterocycles. The van der Waals surface area contributed by atoms with E-state index >= 15 is 0 Å². The third kappa shape index (κ3) is 6.69. The molecule has 3 aromatic rings. The van der Waals surface area contributed by atoms with Crippen LogP contribution in [0.1, 0.15) is 54.1 Å². The highest BCUT2D eigenvalue weighted by Crippen LogP contribution is 2.26. The highest BCUT2D eigenvalue weighted by atomic mass is 32.2. The first-order chi connectivity index (χ1) is 17.1. The molecular weight excluding hydrogens is 480 g/mol. The number of non-ortho nitro benzene ring substituents is 1.